The molecule has 0 aromatic heterocycles. The van der Waals surface area contributed by atoms with Gasteiger partial charge in [0.2, 0.25) is 0 Å². The fraction of sp³-hybridized carbons (Fsp3) is 0.462. The number of aliphatic hydroxyl groups is 1. The minimum Gasteiger partial charge on any atom is -0.396 e. The number of hydrogen-bond acceptors (Lipinski definition) is 4. The zero-order valence-electron chi connectivity index (χ0n) is 10.7. The van der Waals surface area contributed by atoms with Crippen LogP contribution in [0.25, 0.3) is 0 Å². The van der Waals surface area contributed by atoms with Crippen LogP contribution in [0.2, 0.25) is 0 Å². The van der Waals surface area contributed by atoms with Gasteiger partial charge in [0.1, 0.15) is 0 Å². The second-order valence-corrected chi connectivity index (χ2v) is 5.73. The summed E-state index contributed by atoms with van der Waals surface area (Å²) in [7, 11) is 0. The zero-order chi connectivity index (χ0) is 14.7. The lowest BCUT2D eigenvalue weighted by atomic mass is 10.0. The van der Waals surface area contributed by atoms with E-state index in [1.54, 1.807) is 0 Å². The van der Waals surface area contributed by atoms with Gasteiger partial charge in [-0.3, -0.25) is 14.9 Å². The van der Waals surface area contributed by atoms with E-state index in [1.807, 2.05) is 0 Å². The second-order valence-electron chi connectivity index (χ2n) is 4.87. The van der Waals surface area contributed by atoms with Gasteiger partial charge in [0.25, 0.3) is 11.6 Å². The molecule has 0 bridgehead atoms. The van der Waals surface area contributed by atoms with Crippen molar-refractivity contribution in [3.8, 4) is 0 Å². The molecule has 1 aromatic carbocycles. The molecule has 0 saturated heterocycles. The SMILES string of the molecule is O=C(NC1CCCC1CO)c1cc([N+](=O)[O-])ccc1Br. The molecule has 6 nitrogen and oxygen atoms in total. The number of halogens is 1. The molecule has 1 amide bonds. The maximum Gasteiger partial charge on any atom is 0.270 e. The van der Waals surface area contributed by atoms with Crippen LogP contribution < -0.4 is 5.32 Å². The molecule has 1 aliphatic carbocycles. The maximum absolute atomic E-state index is 12.2. The molecule has 108 valence electrons. The van der Waals surface area contributed by atoms with Crippen molar-refractivity contribution >= 4 is 27.5 Å². The summed E-state index contributed by atoms with van der Waals surface area (Å²) in [5.41, 5.74) is 0.117. The van der Waals surface area contributed by atoms with Crippen molar-refractivity contribution < 1.29 is 14.8 Å². The van der Waals surface area contributed by atoms with Crippen LogP contribution >= 0.6 is 15.9 Å². The molecule has 2 rings (SSSR count). The number of nitro benzene ring substituents is 1. The zero-order valence-corrected chi connectivity index (χ0v) is 12.3. The number of nitrogens with one attached hydrogen (secondary N) is 1. The first-order chi connectivity index (χ1) is 9.52. The van der Waals surface area contributed by atoms with Gasteiger partial charge in [0, 0.05) is 35.2 Å². The van der Waals surface area contributed by atoms with E-state index in [1.165, 1.54) is 18.2 Å². The molecule has 1 aliphatic rings. The number of hydrogen-bond donors (Lipinski definition) is 2. The van der Waals surface area contributed by atoms with Crippen molar-refractivity contribution in [1.29, 1.82) is 0 Å². The summed E-state index contributed by atoms with van der Waals surface area (Å²) in [6.45, 7) is 0.0427. The number of amides is 1. The number of carbonyl (C=O) groups excluding carboxylic acids is 1. The molecule has 1 fully saturated rings. The summed E-state index contributed by atoms with van der Waals surface area (Å²) in [4.78, 5) is 22.4. The highest BCUT2D eigenvalue weighted by molar-refractivity contribution is 9.10. The van der Waals surface area contributed by atoms with Gasteiger partial charge in [-0.25, -0.2) is 0 Å². The Hall–Kier alpha value is -1.47. The van der Waals surface area contributed by atoms with Crippen LogP contribution in [0.3, 0.4) is 0 Å². The van der Waals surface area contributed by atoms with Gasteiger partial charge in [0.05, 0.1) is 10.5 Å². The number of aliphatic hydroxyl groups excluding tert-OH is 1. The van der Waals surface area contributed by atoms with Gasteiger partial charge >= 0.3 is 0 Å². The Morgan fingerprint density at radius 1 is 1.50 bits per heavy atom. The Morgan fingerprint density at radius 2 is 2.25 bits per heavy atom. The Kier molecular flexibility index (Phi) is 4.72. The van der Waals surface area contributed by atoms with E-state index in [9.17, 15) is 20.0 Å². The van der Waals surface area contributed by atoms with E-state index < -0.39 is 4.92 Å². The molecular weight excluding hydrogens is 328 g/mol. The van der Waals surface area contributed by atoms with Crippen molar-refractivity contribution in [2.45, 2.75) is 25.3 Å². The number of non-ortho nitro benzene ring substituents is 1. The normalized spacial score (nSPS) is 21.7. The first-order valence-electron chi connectivity index (χ1n) is 6.38. The molecule has 7 heteroatoms. The van der Waals surface area contributed by atoms with Gasteiger partial charge < -0.3 is 10.4 Å². The van der Waals surface area contributed by atoms with E-state index in [-0.39, 0.29) is 35.7 Å². The predicted octanol–water partition coefficient (Wildman–Crippen LogP) is 2.25. The number of rotatable bonds is 4. The summed E-state index contributed by atoms with van der Waals surface area (Å²) >= 11 is 3.23. The monoisotopic (exact) mass is 342 g/mol. The fourth-order valence-corrected chi connectivity index (χ4v) is 2.92. The van der Waals surface area contributed by atoms with Gasteiger partial charge in [0.15, 0.2) is 0 Å². The van der Waals surface area contributed by atoms with Crippen LogP contribution in [0.5, 0.6) is 0 Å². The molecule has 0 radical (unpaired) electrons. The van der Waals surface area contributed by atoms with E-state index in [2.05, 4.69) is 21.2 Å². The lowest BCUT2D eigenvalue weighted by molar-refractivity contribution is -0.384. The molecule has 0 spiro atoms. The molecule has 2 unspecified atom stereocenters. The second kappa shape index (κ2) is 6.32. The van der Waals surface area contributed by atoms with Crippen LogP contribution in [0, 0.1) is 16.0 Å². The van der Waals surface area contributed by atoms with Gasteiger partial charge in [-0.2, -0.15) is 0 Å². The minimum absolute atomic E-state index is 0.0427. The molecule has 0 heterocycles. The largest absolute Gasteiger partial charge is 0.396 e. The smallest absolute Gasteiger partial charge is 0.270 e. The highest BCUT2D eigenvalue weighted by Crippen LogP contribution is 2.27. The van der Waals surface area contributed by atoms with Crippen LogP contribution in [-0.4, -0.2) is 28.6 Å². The summed E-state index contributed by atoms with van der Waals surface area (Å²) < 4.78 is 0.513. The van der Waals surface area contributed by atoms with E-state index in [0.717, 1.165) is 19.3 Å². The van der Waals surface area contributed by atoms with Gasteiger partial charge in [-0.05, 0) is 34.8 Å². The van der Waals surface area contributed by atoms with Crippen LogP contribution in [0.4, 0.5) is 5.69 Å². The molecule has 2 N–H and O–H groups in total. The van der Waals surface area contributed by atoms with Gasteiger partial charge in [-0.15, -0.1) is 0 Å². The molecular formula is C13H15BrN2O4. The molecule has 0 aliphatic heterocycles. The Labute approximate surface area is 124 Å². The lowest BCUT2D eigenvalue weighted by Gasteiger charge is -2.19. The average Bonchev–Trinajstić information content (AvgIpc) is 2.86. The molecule has 1 saturated carbocycles. The standard InChI is InChI=1S/C13H15BrN2O4/c14-11-5-4-9(16(19)20)6-10(11)13(18)15-12-3-1-2-8(12)7-17/h4-6,8,12,17H,1-3,7H2,(H,15,18). The molecule has 2 atom stereocenters. The summed E-state index contributed by atoms with van der Waals surface area (Å²) in [6, 6.07) is 4.01. The molecule has 1 aromatic rings. The first kappa shape index (κ1) is 14.9. The third kappa shape index (κ3) is 3.16. The van der Waals surface area contributed by atoms with E-state index in [0.29, 0.717) is 4.47 Å². The van der Waals surface area contributed by atoms with E-state index in [4.69, 9.17) is 0 Å². The Balaban J connectivity index is 2.16. The lowest BCUT2D eigenvalue weighted by Crippen LogP contribution is -2.38. The molecule has 20 heavy (non-hydrogen) atoms. The highest BCUT2D eigenvalue weighted by Gasteiger charge is 2.28. The Morgan fingerprint density at radius 3 is 2.90 bits per heavy atom. The maximum atomic E-state index is 12.2. The van der Waals surface area contributed by atoms with Gasteiger partial charge in [-0.1, -0.05) is 6.42 Å². The van der Waals surface area contributed by atoms with Crippen LogP contribution in [0.15, 0.2) is 22.7 Å². The van der Waals surface area contributed by atoms with Crippen molar-refractivity contribution in [3.63, 3.8) is 0 Å². The fourth-order valence-electron chi connectivity index (χ4n) is 2.49. The third-order valence-corrected chi connectivity index (χ3v) is 4.31. The Bertz CT molecular complexity index is 535. The van der Waals surface area contributed by atoms with Crippen molar-refractivity contribution in [2.75, 3.05) is 6.61 Å². The van der Waals surface area contributed by atoms with Crippen LogP contribution in [0.1, 0.15) is 29.6 Å². The number of carbonyl (C=O) groups is 1. The quantitative estimate of drug-likeness (QED) is 0.648. The summed E-state index contributed by atoms with van der Waals surface area (Å²) in [6.07, 6.45) is 2.67. The summed E-state index contributed by atoms with van der Waals surface area (Å²) in [5, 5.41) is 22.8. The highest BCUT2D eigenvalue weighted by atomic mass is 79.9. The van der Waals surface area contributed by atoms with E-state index >= 15 is 0 Å². The third-order valence-electron chi connectivity index (χ3n) is 3.62. The van der Waals surface area contributed by atoms with Crippen molar-refractivity contribution in [1.82, 2.24) is 5.32 Å². The topological polar surface area (TPSA) is 92.5 Å². The predicted molar refractivity (Wildman–Crippen MR) is 76.5 cm³/mol. The minimum atomic E-state index is -0.532. The van der Waals surface area contributed by atoms with Crippen molar-refractivity contribution in [3.05, 3.63) is 38.3 Å². The summed E-state index contributed by atoms with van der Waals surface area (Å²) in [5.74, 6) is -0.289. The van der Waals surface area contributed by atoms with Crippen LogP contribution in [-0.2, 0) is 0 Å². The first-order valence-corrected chi connectivity index (χ1v) is 7.18. The number of benzene rings is 1. The van der Waals surface area contributed by atoms with Crippen molar-refractivity contribution in [2.24, 2.45) is 5.92 Å². The number of nitro groups is 1. The number of nitrogens with zero attached hydrogens (tertiary/aromatic N) is 1. The average molecular weight is 343 g/mol.